The summed E-state index contributed by atoms with van der Waals surface area (Å²) in [5, 5.41) is 11.6. The molecule has 0 aliphatic rings. The van der Waals surface area contributed by atoms with Crippen LogP contribution in [0.2, 0.25) is 0 Å². The van der Waals surface area contributed by atoms with Gasteiger partial charge in [-0.1, -0.05) is 24.0 Å². The largest absolute Gasteiger partial charge is 0.384 e. The normalized spacial score (nSPS) is 9.62. The van der Waals surface area contributed by atoms with Crippen molar-refractivity contribution >= 4 is 5.91 Å². The fourth-order valence-corrected chi connectivity index (χ4v) is 1.87. The molecule has 1 aromatic carbocycles. The Bertz CT molecular complexity index is 685. The van der Waals surface area contributed by atoms with E-state index in [1.807, 2.05) is 31.2 Å². The van der Waals surface area contributed by atoms with Gasteiger partial charge in [0.15, 0.2) is 0 Å². The number of aliphatic hydroxyl groups excluding tert-OH is 1. The minimum Gasteiger partial charge on any atom is -0.384 e. The quantitative estimate of drug-likeness (QED) is 0.841. The number of hydrogen-bond donors (Lipinski definition) is 2. The maximum Gasteiger partial charge on any atom is 0.251 e. The van der Waals surface area contributed by atoms with Gasteiger partial charge in [-0.05, 0) is 36.2 Å². The third-order valence-electron chi connectivity index (χ3n) is 2.97. The topological polar surface area (TPSA) is 62.2 Å². The first-order chi connectivity index (χ1) is 10.2. The first-order valence-corrected chi connectivity index (χ1v) is 6.58. The zero-order valence-electron chi connectivity index (χ0n) is 11.8. The fourth-order valence-electron chi connectivity index (χ4n) is 1.87. The van der Waals surface area contributed by atoms with E-state index in [1.165, 1.54) is 0 Å². The molecule has 106 valence electrons. The zero-order chi connectivity index (χ0) is 15.1. The number of hydrogen-bond acceptors (Lipinski definition) is 3. The summed E-state index contributed by atoms with van der Waals surface area (Å²) in [6.07, 6.45) is 3.41. The van der Waals surface area contributed by atoms with Crippen LogP contribution in [0.15, 0.2) is 42.7 Å². The van der Waals surface area contributed by atoms with Crippen LogP contribution in [-0.4, -0.2) is 22.6 Å². The van der Waals surface area contributed by atoms with Crippen LogP contribution < -0.4 is 5.32 Å². The van der Waals surface area contributed by atoms with Crippen molar-refractivity contribution in [3.8, 4) is 11.8 Å². The highest BCUT2D eigenvalue weighted by atomic mass is 16.2. The third-order valence-corrected chi connectivity index (χ3v) is 2.97. The minimum atomic E-state index is -0.198. The van der Waals surface area contributed by atoms with Crippen molar-refractivity contribution in [1.82, 2.24) is 10.3 Å². The van der Waals surface area contributed by atoms with Crippen molar-refractivity contribution in [3.05, 3.63) is 65.0 Å². The molecular formula is C17H16N2O2. The Balaban J connectivity index is 2.11. The van der Waals surface area contributed by atoms with E-state index in [0.29, 0.717) is 17.7 Å². The molecule has 0 spiro atoms. The standard InChI is InChI=1S/C17H16N2O2/c1-13-6-7-14(5-3-9-20)10-16(13)17(21)19-12-15-4-2-8-18-11-15/h2,4,6-8,10-11,20H,9,12H2,1H3,(H,19,21). The van der Waals surface area contributed by atoms with Gasteiger partial charge in [-0.15, -0.1) is 0 Å². The van der Waals surface area contributed by atoms with E-state index in [4.69, 9.17) is 5.11 Å². The molecular weight excluding hydrogens is 264 g/mol. The van der Waals surface area contributed by atoms with E-state index in [-0.39, 0.29) is 12.5 Å². The van der Waals surface area contributed by atoms with Gasteiger partial charge in [0.1, 0.15) is 6.61 Å². The zero-order valence-corrected chi connectivity index (χ0v) is 11.8. The van der Waals surface area contributed by atoms with Crippen LogP contribution in [0.4, 0.5) is 0 Å². The molecule has 0 atom stereocenters. The Morgan fingerprint density at radius 3 is 2.95 bits per heavy atom. The van der Waals surface area contributed by atoms with Crippen molar-refractivity contribution < 1.29 is 9.90 Å². The molecule has 2 aromatic rings. The number of pyridine rings is 1. The molecule has 0 aliphatic heterocycles. The van der Waals surface area contributed by atoms with Gasteiger partial charge in [-0.3, -0.25) is 9.78 Å². The molecule has 0 aliphatic carbocycles. The molecule has 1 aromatic heterocycles. The van der Waals surface area contributed by atoms with Crippen molar-refractivity contribution in [2.75, 3.05) is 6.61 Å². The molecule has 0 radical (unpaired) electrons. The Hall–Kier alpha value is -2.64. The van der Waals surface area contributed by atoms with Gasteiger partial charge in [0.2, 0.25) is 0 Å². The van der Waals surface area contributed by atoms with Gasteiger partial charge in [0.25, 0.3) is 5.91 Å². The number of aliphatic hydroxyl groups is 1. The Morgan fingerprint density at radius 2 is 2.24 bits per heavy atom. The summed E-state index contributed by atoms with van der Waals surface area (Å²) in [5.41, 5.74) is 3.12. The number of nitrogens with zero attached hydrogens (tertiary/aromatic N) is 1. The van der Waals surface area contributed by atoms with Crippen molar-refractivity contribution in [1.29, 1.82) is 0 Å². The van der Waals surface area contributed by atoms with Crippen molar-refractivity contribution in [3.63, 3.8) is 0 Å². The average molecular weight is 280 g/mol. The fraction of sp³-hybridized carbons (Fsp3) is 0.176. The smallest absolute Gasteiger partial charge is 0.251 e. The van der Waals surface area contributed by atoms with Crippen molar-refractivity contribution in [2.24, 2.45) is 0 Å². The summed E-state index contributed by atoms with van der Waals surface area (Å²) >= 11 is 0. The molecule has 1 amide bonds. The average Bonchev–Trinajstić information content (AvgIpc) is 2.53. The number of carbonyl (C=O) groups excluding carboxylic acids is 1. The molecule has 1 heterocycles. The molecule has 4 heteroatoms. The second-order valence-corrected chi connectivity index (χ2v) is 4.53. The predicted molar refractivity (Wildman–Crippen MR) is 80.6 cm³/mol. The maximum atomic E-state index is 12.2. The number of amides is 1. The van der Waals surface area contributed by atoms with Crippen LogP contribution in [-0.2, 0) is 6.54 Å². The summed E-state index contributed by atoms with van der Waals surface area (Å²) in [5.74, 6) is 5.23. The Kier molecular flexibility index (Phi) is 5.08. The van der Waals surface area contributed by atoms with Crippen molar-refractivity contribution in [2.45, 2.75) is 13.5 Å². The maximum absolute atomic E-state index is 12.2. The van der Waals surface area contributed by atoms with Crippen LogP contribution in [0.1, 0.15) is 27.0 Å². The molecule has 0 saturated carbocycles. The molecule has 21 heavy (non-hydrogen) atoms. The van der Waals surface area contributed by atoms with Gasteiger partial charge in [-0.2, -0.15) is 0 Å². The highest BCUT2D eigenvalue weighted by molar-refractivity contribution is 5.95. The number of rotatable bonds is 3. The van der Waals surface area contributed by atoms with Gasteiger partial charge >= 0.3 is 0 Å². The summed E-state index contributed by atoms with van der Waals surface area (Å²) in [6, 6.07) is 9.15. The summed E-state index contributed by atoms with van der Waals surface area (Å²) < 4.78 is 0. The second kappa shape index (κ2) is 7.22. The number of aryl methyl sites for hydroxylation is 1. The van der Waals surface area contributed by atoms with Gasteiger partial charge in [0, 0.05) is 30.1 Å². The third kappa shape index (κ3) is 4.16. The van der Waals surface area contributed by atoms with E-state index < -0.39 is 0 Å². The lowest BCUT2D eigenvalue weighted by atomic mass is 10.0. The lowest BCUT2D eigenvalue weighted by Crippen LogP contribution is -2.23. The molecule has 2 rings (SSSR count). The number of aromatic nitrogens is 1. The molecule has 0 saturated heterocycles. The number of carbonyl (C=O) groups is 1. The molecule has 0 bridgehead atoms. The monoisotopic (exact) mass is 280 g/mol. The van der Waals surface area contributed by atoms with Crippen LogP contribution in [0.25, 0.3) is 0 Å². The van der Waals surface area contributed by atoms with Crippen LogP contribution >= 0.6 is 0 Å². The van der Waals surface area contributed by atoms with E-state index in [0.717, 1.165) is 11.1 Å². The Morgan fingerprint density at radius 1 is 1.38 bits per heavy atom. The lowest BCUT2D eigenvalue weighted by molar-refractivity contribution is 0.0950. The second-order valence-electron chi connectivity index (χ2n) is 4.53. The highest BCUT2D eigenvalue weighted by Gasteiger charge is 2.09. The predicted octanol–water partition coefficient (Wildman–Crippen LogP) is 1.66. The molecule has 0 fully saturated rings. The van der Waals surface area contributed by atoms with Crippen LogP contribution in [0.5, 0.6) is 0 Å². The SMILES string of the molecule is Cc1ccc(C#CCO)cc1C(=O)NCc1cccnc1. The van der Waals surface area contributed by atoms with Crippen LogP contribution in [0, 0.1) is 18.8 Å². The Labute approximate surface area is 123 Å². The van der Waals surface area contributed by atoms with Gasteiger partial charge < -0.3 is 10.4 Å². The summed E-state index contributed by atoms with van der Waals surface area (Å²) in [6.45, 7) is 2.11. The van der Waals surface area contributed by atoms with E-state index in [2.05, 4.69) is 22.1 Å². The van der Waals surface area contributed by atoms with E-state index in [9.17, 15) is 4.79 Å². The van der Waals surface area contributed by atoms with Gasteiger partial charge in [-0.25, -0.2) is 0 Å². The molecule has 0 unspecified atom stereocenters. The summed E-state index contributed by atoms with van der Waals surface area (Å²) in [7, 11) is 0. The first-order valence-electron chi connectivity index (χ1n) is 6.58. The molecule has 4 nitrogen and oxygen atoms in total. The van der Waals surface area contributed by atoms with E-state index >= 15 is 0 Å². The van der Waals surface area contributed by atoms with Gasteiger partial charge in [0.05, 0.1) is 0 Å². The summed E-state index contributed by atoms with van der Waals surface area (Å²) in [4.78, 5) is 16.2. The first kappa shape index (κ1) is 14.8. The number of nitrogens with one attached hydrogen (secondary N) is 1. The van der Waals surface area contributed by atoms with E-state index in [1.54, 1.807) is 18.5 Å². The highest BCUT2D eigenvalue weighted by Crippen LogP contribution is 2.11. The lowest BCUT2D eigenvalue weighted by Gasteiger charge is -2.08. The minimum absolute atomic E-state index is 0.149. The number of benzene rings is 1. The van der Waals surface area contributed by atoms with Crippen LogP contribution in [0.3, 0.4) is 0 Å². The molecule has 2 N–H and O–H groups in total.